The standard InChI is InChI=1S/C31H29F5N6O/c1-41-16-39-40-27(41)12-29(10-18(11-29)13-37)19-3-2-4-21(7-19)42-15-23-22(28(42)43)5-17(6-24(23)31(34,35)36)14-38-20-8-25-26(9-20)30(25,32)33/h2-7,16,18,20,25-26,38H,8-12,14-15H2,1H3/t18?,20?,25-,26?,29?/m1/s1. The quantitative estimate of drug-likeness (QED) is 0.362. The molecule has 3 fully saturated rings. The summed E-state index contributed by atoms with van der Waals surface area (Å²) in [4.78, 5) is 15.0. The highest BCUT2D eigenvalue weighted by Crippen LogP contribution is 2.64. The zero-order valence-electron chi connectivity index (χ0n) is 23.3. The van der Waals surface area contributed by atoms with E-state index < -0.39 is 40.8 Å². The Kier molecular flexibility index (Phi) is 6.22. The van der Waals surface area contributed by atoms with Gasteiger partial charge in [-0.25, -0.2) is 8.78 Å². The third kappa shape index (κ3) is 4.60. The van der Waals surface area contributed by atoms with Crippen molar-refractivity contribution in [1.29, 1.82) is 5.26 Å². The van der Waals surface area contributed by atoms with E-state index in [0.717, 1.165) is 17.5 Å². The number of carbonyl (C=O) groups is 1. The number of aryl methyl sites for hydroxylation is 1. The lowest BCUT2D eigenvalue weighted by Gasteiger charge is -2.45. The number of carbonyl (C=O) groups excluding carboxylic acids is 1. The number of fused-ring (bicyclic) bond motifs is 2. The van der Waals surface area contributed by atoms with E-state index in [1.807, 2.05) is 23.7 Å². The summed E-state index contributed by atoms with van der Waals surface area (Å²) in [5, 5.41) is 20.8. The first-order chi connectivity index (χ1) is 20.4. The molecule has 12 heteroatoms. The van der Waals surface area contributed by atoms with E-state index in [4.69, 9.17) is 0 Å². The average molecular weight is 597 g/mol. The van der Waals surface area contributed by atoms with Crippen molar-refractivity contribution in [3.8, 4) is 6.07 Å². The smallest absolute Gasteiger partial charge is 0.321 e. The number of nitrogens with one attached hydrogen (secondary N) is 1. The van der Waals surface area contributed by atoms with Gasteiger partial charge in [0.25, 0.3) is 11.8 Å². The first-order valence-corrected chi connectivity index (χ1v) is 14.4. The van der Waals surface area contributed by atoms with E-state index in [1.54, 1.807) is 18.5 Å². The Bertz CT molecular complexity index is 1640. The van der Waals surface area contributed by atoms with Crippen molar-refractivity contribution in [2.75, 3.05) is 4.90 Å². The number of alkyl halides is 5. The maximum Gasteiger partial charge on any atom is 0.416 e. The van der Waals surface area contributed by atoms with Crippen LogP contribution in [0.25, 0.3) is 0 Å². The highest BCUT2D eigenvalue weighted by Gasteiger charge is 2.71. The van der Waals surface area contributed by atoms with Crippen LogP contribution in [-0.2, 0) is 38.1 Å². The molecule has 224 valence electrons. The third-order valence-electron chi connectivity index (χ3n) is 9.97. The first kappa shape index (κ1) is 28.0. The number of anilines is 1. The van der Waals surface area contributed by atoms with Crippen molar-refractivity contribution in [3.63, 3.8) is 0 Å². The second-order valence-corrected chi connectivity index (χ2v) is 12.6. The molecule has 0 radical (unpaired) electrons. The van der Waals surface area contributed by atoms with Crippen molar-refractivity contribution >= 4 is 11.6 Å². The van der Waals surface area contributed by atoms with Crippen LogP contribution in [0.3, 0.4) is 0 Å². The number of halogens is 5. The number of rotatable bonds is 7. The number of nitrogens with zero attached hydrogens (tertiary/aromatic N) is 5. The van der Waals surface area contributed by atoms with Crippen molar-refractivity contribution in [2.45, 2.75) is 68.7 Å². The summed E-state index contributed by atoms with van der Waals surface area (Å²) in [6, 6.07) is 11.9. The molecule has 1 amide bonds. The summed E-state index contributed by atoms with van der Waals surface area (Å²) >= 11 is 0. The van der Waals surface area contributed by atoms with Crippen LogP contribution in [0.2, 0.25) is 0 Å². The molecule has 7 rings (SSSR count). The van der Waals surface area contributed by atoms with Crippen LogP contribution in [0.1, 0.15) is 64.1 Å². The van der Waals surface area contributed by atoms with Crippen molar-refractivity contribution in [1.82, 2.24) is 20.1 Å². The minimum absolute atomic E-state index is 0.000169. The maximum absolute atomic E-state index is 14.2. The highest BCUT2D eigenvalue weighted by molar-refractivity contribution is 6.10. The Morgan fingerprint density at radius 2 is 1.88 bits per heavy atom. The van der Waals surface area contributed by atoms with Gasteiger partial charge in [0.15, 0.2) is 0 Å². The number of benzene rings is 2. The molecular weight excluding hydrogens is 567 g/mol. The molecule has 1 N–H and O–H groups in total. The fourth-order valence-electron chi connectivity index (χ4n) is 7.50. The SMILES string of the molecule is Cn1cnnc1CC1(c2cccc(N3Cc4c(cc(CNC5CC6[C@@H](C5)C6(F)F)cc4C(F)(F)F)C3=O)c2)CC(C#N)C1. The second-order valence-electron chi connectivity index (χ2n) is 12.6. The Hall–Kier alpha value is -3.85. The zero-order valence-corrected chi connectivity index (χ0v) is 23.3. The summed E-state index contributed by atoms with van der Waals surface area (Å²) in [5.74, 6) is -3.80. The van der Waals surface area contributed by atoms with Gasteiger partial charge in [-0.05, 0) is 66.6 Å². The largest absolute Gasteiger partial charge is 0.416 e. The van der Waals surface area contributed by atoms with Gasteiger partial charge >= 0.3 is 6.18 Å². The van der Waals surface area contributed by atoms with Gasteiger partial charge in [0.05, 0.1) is 18.2 Å². The Balaban J connectivity index is 1.15. The monoisotopic (exact) mass is 596 g/mol. The Labute approximate surface area is 244 Å². The number of nitriles is 1. The van der Waals surface area contributed by atoms with Gasteiger partial charge in [-0.2, -0.15) is 18.4 Å². The van der Waals surface area contributed by atoms with E-state index in [1.165, 1.54) is 11.0 Å². The fraction of sp³-hybridized carbons (Fsp3) is 0.484. The van der Waals surface area contributed by atoms with Crippen LogP contribution >= 0.6 is 0 Å². The zero-order chi connectivity index (χ0) is 30.3. The third-order valence-corrected chi connectivity index (χ3v) is 9.97. The number of aromatic nitrogens is 3. The van der Waals surface area contributed by atoms with Gasteiger partial charge in [-0.15, -0.1) is 10.2 Å². The predicted octanol–water partition coefficient (Wildman–Crippen LogP) is 5.54. The molecule has 3 saturated carbocycles. The molecular formula is C31H29F5N6O. The molecule has 0 spiro atoms. The van der Waals surface area contributed by atoms with Gasteiger partial charge in [0, 0.05) is 60.5 Å². The van der Waals surface area contributed by atoms with E-state index in [-0.39, 0.29) is 36.2 Å². The second kappa shape index (κ2) is 9.58. The summed E-state index contributed by atoms with van der Waals surface area (Å²) in [6.45, 7) is -0.169. The molecule has 0 saturated heterocycles. The van der Waals surface area contributed by atoms with Gasteiger partial charge in [-0.1, -0.05) is 12.1 Å². The molecule has 7 nitrogen and oxygen atoms in total. The lowest BCUT2D eigenvalue weighted by atomic mass is 9.57. The molecule has 2 heterocycles. The highest BCUT2D eigenvalue weighted by atomic mass is 19.4. The van der Waals surface area contributed by atoms with Gasteiger partial charge in [0.2, 0.25) is 0 Å². The summed E-state index contributed by atoms with van der Waals surface area (Å²) < 4.78 is 71.7. The fourth-order valence-corrected chi connectivity index (χ4v) is 7.50. The molecule has 2 unspecified atom stereocenters. The van der Waals surface area contributed by atoms with Crippen LogP contribution < -0.4 is 10.2 Å². The minimum Gasteiger partial charge on any atom is -0.321 e. The molecule has 3 atom stereocenters. The molecule has 1 aromatic heterocycles. The molecule has 1 aliphatic heterocycles. The van der Waals surface area contributed by atoms with Crippen LogP contribution in [0.15, 0.2) is 42.7 Å². The summed E-state index contributed by atoms with van der Waals surface area (Å²) in [5.41, 5.74) is 0.328. The van der Waals surface area contributed by atoms with E-state index in [9.17, 15) is 32.0 Å². The number of amides is 1. The Morgan fingerprint density at radius 1 is 1.14 bits per heavy atom. The molecule has 43 heavy (non-hydrogen) atoms. The molecule has 3 aromatic rings. The molecule has 0 bridgehead atoms. The van der Waals surface area contributed by atoms with Gasteiger partial charge < -0.3 is 14.8 Å². The predicted molar refractivity (Wildman–Crippen MR) is 145 cm³/mol. The van der Waals surface area contributed by atoms with Gasteiger partial charge in [0.1, 0.15) is 12.2 Å². The van der Waals surface area contributed by atoms with Gasteiger partial charge in [-0.3, -0.25) is 4.79 Å². The van der Waals surface area contributed by atoms with Crippen molar-refractivity contribution < 1.29 is 26.7 Å². The van der Waals surface area contributed by atoms with Crippen LogP contribution in [0.4, 0.5) is 27.6 Å². The lowest BCUT2D eigenvalue weighted by Crippen LogP contribution is -2.43. The molecule has 2 aromatic carbocycles. The number of hydrogen-bond acceptors (Lipinski definition) is 5. The van der Waals surface area contributed by atoms with Crippen molar-refractivity contribution in [2.24, 2.45) is 24.8 Å². The summed E-state index contributed by atoms with van der Waals surface area (Å²) in [6.07, 6.45) is -0.736. The average Bonchev–Trinajstić information content (AvgIpc) is 3.44. The van der Waals surface area contributed by atoms with Crippen molar-refractivity contribution in [3.05, 3.63) is 76.4 Å². The topological polar surface area (TPSA) is 86.8 Å². The van der Waals surface area contributed by atoms with E-state index >= 15 is 0 Å². The maximum atomic E-state index is 14.2. The molecule has 3 aliphatic carbocycles. The minimum atomic E-state index is -4.67. The number of hydrogen-bond donors (Lipinski definition) is 1. The van der Waals surface area contributed by atoms with E-state index in [2.05, 4.69) is 21.6 Å². The first-order valence-electron chi connectivity index (χ1n) is 14.4. The molecule has 4 aliphatic rings. The lowest BCUT2D eigenvalue weighted by molar-refractivity contribution is -0.138. The van der Waals surface area contributed by atoms with Crippen LogP contribution in [0, 0.1) is 29.1 Å². The summed E-state index contributed by atoms with van der Waals surface area (Å²) in [7, 11) is 1.84. The van der Waals surface area contributed by atoms with E-state index in [0.29, 0.717) is 43.4 Å². The van der Waals surface area contributed by atoms with Crippen LogP contribution in [-0.4, -0.2) is 32.6 Å². The van der Waals surface area contributed by atoms with Crippen LogP contribution in [0.5, 0.6) is 0 Å². The Morgan fingerprint density at radius 3 is 2.53 bits per heavy atom. The normalized spacial score (nSPS) is 28.8.